The Bertz CT molecular complexity index is 910. The Morgan fingerprint density at radius 2 is 1.97 bits per heavy atom. The lowest BCUT2D eigenvalue weighted by atomic mass is 10.0. The van der Waals surface area contributed by atoms with Gasteiger partial charge >= 0.3 is 12.1 Å². The van der Waals surface area contributed by atoms with Crippen LogP contribution in [0.25, 0.3) is 10.6 Å². The number of aromatic nitrogens is 2. The van der Waals surface area contributed by atoms with Crippen molar-refractivity contribution in [3.8, 4) is 10.6 Å². The van der Waals surface area contributed by atoms with Crippen molar-refractivity contribution in [1.82, 2.24) is 19.8 Å². The van der Waals surface area contributed by atoms with E-state index >= 15 is 0 Å². The minimum atomic E-state index is -0.721. The standard InChI is InChI=1S/C19H20N4O5S/c1-27-18(25)15-10-28-19(26)23(15)13-4-8-22(9-5-13)17(24)14-11-29-16(21-14)12-2-6-20-7-3-12/h2-3,6-7,11,13,15H,4-5,8-10H2,1H3. The summed E-state index contributed by atoms with van der Waals surface area (Å²) in [5.41, 5.74) is 1.33. The predicted molar refractivity (Wildman–Crippen MR) is 103 cm³/mol. The van der Waals surface area contributed by atoms with Gasteiger partial charge < -0.3 is 14.4 Å². The quantitative estimate of drug-likeness (QED) is 0.701. The number of pyridine rings is 1. The second-order valence-corrected chi connectivity index (χ2v) is 7.68. The van der Waals surface area contributed by atoms with Gasteiger partial charge in [0.1, 0.15) is 17.3 Å². The van der Waals surface area contributed by atoms with Crippen molar-refractivity contribution in [1.29, 1.82) is 0 Å². The summed E-state index contributed by atoms with van der Waals surface area (Å²) in [6, 6.07) is 2.82. The molecule has 2 aliphatic heterocycles. The number of nitrogens with zero attached hydrogens (tertiary/aromatic N) is 4. The number of cyclic esters (lactones) is 1. The van der Waals surface area contributed by atoms with E-state index in [-0.39, 0.29) is 18.6 Å². The number of methoxy groups -OCH3 is 1. The molecule has 2 aromatic rings. The van der Waals surface area contributed by atoms with Gasteiger partial charge in [0.2, 0.25) is 0 Å². The first-order chi connectivity index (χ1) is 14.1. The van der Waals surface area contributed by atoms with Gasteiger partial charge in [-0.3, -0.25) is 14.7 Å². The van der Waals surface area contributed by atoms with Crippen LogP contribution >= 0.6 is 11.3 Å². The summed E-state index contributed by atoms with van der Waals surface area (Å²) in [5.74, 6) is -0.617. The van der Waals surface area contributed by atoms with Crippen LogP contribution in [0.4, 0.5) is 4.79 Å². The third-order valence-corrected chi connectivity index (χ3v) is 6.07. The van der Waals surface area contributed by atoms with Crippen molar-refractivity contribution in [2.24, 2.45) is 0 Å². The second-order valence-electron chi connectivity index (χ2n) is 6.82. The van der Waals surface area contributed by atoms with Crippen LogP contribution in [0.15, 0.2) is 29.9 Å². The van der Waals surface area contributed by atoms with Gasteiger partial charge in [-0.2, -0.15) is 0 Å². The summed E-state index contributed by atoms with van der Waals surface area (Å²) in [4.78, 5) is 48.5. The van der Waals surface area contributed by atoms with E-state index in [1.165, 1.54) is 23.3 Å². The maximum absolute atomic E-state index is 12.8. The lowest BCUT2D eigenvalue weighted by molar-refractivity contribution is -0.145. The molecule has 0 radical (unpaired) electrons. The first-order valence-electron chi connectivity index (χ1n) is 9.26. The summed E-state index contributed by atoms with van der Waals surface area (Å²) >= 11 is 1.42. The van der Waals surface area contributed by atoms with Crippen molar-refractivity contribution in [2.75, 3.05) is 26.8 Å². The molecular weight excluding hydrogens is 396 g/mol. The third-order valence-electron chi connectivity index (χ3n) is 5.18. The highest BCUT2D eigenvalue weighted by atomic mass is 32.1. The monoisotopic (exact) mass is 416 g/mol. The highest BCUT2D eigenvalue weighted by Gasteiger charge is 2.44. The number of hydrogen-bond donors (Lipinski definition) is 0. The van der Waals surface area contributed by atoms with Gasteiger partial charge in [-0.15, -0.1) is 11.3 Å². The van der Waals surface area contributed by atoms with E-state index < -0.39 is 18.1 Å². The van der Waals surface area contributed by atoms with Gasteiger partial charge in [-0.25, -0.2) is 14.6 Å². The van der Waals surface area contributed by atoms with Crippen LogP contribution in [0, 0.1) is 0 Å². The van der Waals surface area contributed by atoms with E-state index in [0.29, 0.717) is 31.6 Å². The fourth-order valence-electron chi connectivity index (χ4n) is 3.66. The highest BCUT2D eigenvalue weighted by Crippen LogP contribution is 2.27. The van der Waals surface area contributed by atoms with Crippen LogP contribution < -0.4 is 0 Å². The lowest BCUT2D eigenvalue weighted by Gasteiger charge is -2.36. The molecule has 2 fully saturated rings. The van der Waals surface area contributed by atoms with Crippen LogP contribution in [-0.4, -0.2) is 76.6 Å². The topological polar surface area (TPSA) is 102 Å². The average Bonchev–Trinajstić information content (AvgIpc) is 3.41. The largest absolute Gasteiger partial charge is 0.467 e. The minimum absolute atomic E-state index is 0.00125. The van der Waals surface area contributed by atoms with Crippen molar-refractivity contribution in [2.45, 2.75) is 24.9 Å². The Morgan fingerprint density at radius 1 is 1.24 bits per heavy atom. The number of rotatable bonds is 4. The molecule has 2 aliphatic rings. The number of esters is 1. The predicted octanol–water partition coefficient (Wildman–Crippen LogP) is 1.80. The van der Waals surface area contributed by atoms with Gasteiger partial charge in [-0.05, 0) is 25.0 Å². The Labute approximate surface area is 171 Å². The summed E-state index contributed by atoms with van der Waals surface area (Å²) in [6.45, 7) is 0.952. The molecular formula is C19H20N4O5S. The molecule has 0 N–H and O–H groups in total. The normalized spacial score (nSPS) is 19.9. The molecule has 152 valence electrons. The summed E-state index contributed by atoms with van der Waals surface area (Å²) in [7, 11) is 1.29. The fraction of sp³-hybridized carbons (Fsp3) is 0.421. The van der Waals surface area contributed by atoms with Gasteiger partial charge in [0, 0.05) is 42.5 Å². The summed E-state index contributed by atoms with van der Waals surface area (Å²) in [5, 5.41) is 2.53. The molecule has 10 heteroatoms. The molecule has 9 nitrogen and oxygen atoms in total. The molecule has 2 saturated heterocycles. The Hall–Kier alpha value is -3.01. The van der Waals surface area contributed by atoms with Gasteiger partial charge in [0.05, 0.1) is 7.11 Å². The Morgan fingerprint density at radius 3 is 2.66 bits per heavy atom. The average molecular weight is 416 g/mol. The maximum atomic E-state index is 12.8. The molecule has 1 unspecified atom stereocenters. The van der Waals surface area contributed by atoms with Gasteiger partial charge in [0.25, 0.3) is 5.91 Å². The molecule has 4 heterocycles. The fourth-order valence-corrected chi connectivity index (χ4v) is 4.46. The molecule has 0 saturated carbocycles. The van der Waals surface area contributed by atoms with Crippen molar-refractivity contribution < 1.29 is 23.9 Å². The highest BCUT2D eigenvalue weighted by molar-refractivity contribution is 7.13. The molecule has 0 spiro atoms. The number of ether oxygens (including phenoxy) is 2. The molecule has 2 aromatic heterocycles. The van der Waals surface area contributed by atoms with E-state index in [2.05, 4.69) is 9.97 Å². The molecule has 0 bridgehead atoms. The zero-order valence-electron chi connectivity index (χ0n) is 15.8. The molecule has 0 aromatic carbocycles. The van der Waals surface area contributed by atoms with Gasteiger partial charge in [-0.1, -0.05) is 0 Å². The van der Waals surface area contributed by atoms with E-state index in [1.54, 1.807) is 22.7 Å². The summed E-state index contributed by atoms with van der Waals surface area (Å²) in [6.07, 6.45) is 4.00. The van der Waals surface area contributed by atoms with E-state index in [0.717, 1.165) is 10.6 Å². The van der Waals surface area contributed by atoms with E-state index in [4.69, 9.17) is 9.47 Å². The van der Waals surface area contributed by atoms with Crippen LogP contribution in [0.5, 0.6) is 0 Å². The number of hydrogen-bond acceptors (Lipinski definition) is 8. The smallest absolute Gasteiger partial charge is 0.410 e. The summed E-state index contributed by atoms with van der Waals surface area (Å²) < 4.78 is 9.81. The lowest BCUT2D eigenvalue weighted by Crippen LogP contribution is -2.52. The molecule has 4 rings (SSSR count). The Kier molecular flexibility index (Phi) is 5.43. The number of carbonyl (C=O) groups is 3. The Balaban J connectivity index is 1.39. The van der Waals surface area contributed by atoms with Crippen LogP contribution in [0.2, 0.25) is 0 Å². The number of thiazole rings is 1. The minimum Gasteiger partial charge on any atom is -0.467 e. The van der Waals surface area contributed by atoms with Crippen LogP contribution in [0.1, 0.15) is 23.3 Å². The maximum Gasteiger partial charge on any atom is 0.410 e. The van der Waals surface area contributed by atoms with Crippen LogP contribution in [-0.2, 0) is 14.3 Å². The first-order valence-corrected chi connectivity index (χ1v) is 10.1. The number of amides is 2. The second kappa shape index (κ2) is 8.16. The SMILES string of the molecule is COC(=O)C1COC(=O)N1C1CCN(C(=O)c2csc(-c3ccncc3)n2)CC1. The third kappa shape index (κ3) is 3.80. The number of piperidine rings is 1. The zero-order valence-corrected chi connectivity index (χ0v) is 16.6. The van der Waals surface area contributed by atoms with Crippen LogP contribution in [0.3, 0.4) is 0 Å². The molecule has 1 atom stereocenters. The van der Waals surface area contributed by atoms with E-state index in [1.807, 2.05) is 12.1 Å². The zero-order chi connectivity index (χ0) is 20.4. The van der Waals surface area contributed by atoms with Crippen molar-refractivity contribution in [3.05, 3.63) is 35.6 Å². The van der Waals surface area contributed by atoms with Crippen molar-refractivity contribution in [3.63, 3.8) is 0 Å². The number of likely N-dealkylation sites (tertiary alicyclic amines) is 1. The molecule has 0 aliphatic carbocycles. The van der Waals surface area contributed by atoms with Gasteiger partial charge in [0.15, 0.2) is 6.04 Å². The molecule has 2 amide bonds. The number of carbonyl (C=O) groups excluding carboxylic acids is 3. The van der Waals surface area contributed by atoms with E-state index in [9.17, 15) is 14.4 Å². The molecule has 29 heavy (non-hydrogen) atoms. The van der Waals surface area contributed by atoms with Crippen molar-refractivity contribution >= 4 is 29.3 Å². The first kappa shape index (κ1) is 19.3.